The Balaban J connectivity index is 3.15. The van der Waals surface area contributed by atoms with Crippen molar-refractivity contribution in [2.75, 3.05) is 18.6 Å². The molecule has 0 heterocycles. The van der Waals surface area contributed by atoms with Crippen molar-refractivity contribution >= 4 is 20.6 Å². The third kappa shape index (κ3) is 6.46. The Hall–Kier alpha value is 0.570. The number of hydrogen-bond acceptors (Lipinski definition) is 4. The molecule has 0 aromatic heterocycles. The predicted octanol–water partition coefficient (Wildman–Crippen LogP) is 1.35. The number of hydroxylamine groups is 2. The maximum absolute atomic E-state index is 10.2. The first-order valence-corrected chi connectivity index (χ1v) is 6.41. The molecular weight excluding hydrogens is 237 g/mol. The molecule has 0 aromatic carbocycles. The minimum atomic E-state index is -1.80. The number of hydrogen-bond donors (Lipinski definition) is 0. The molecule has 0 atom stereocenters. The van der Waals surface area contributed by atoms with E-state index in [2.05, 4.69) is 0 Å². The molecule has 0 rings (SSSR count). The van der Waals surface area contributed by atoms with E-state index >= 15 is 0 Å². The van der Waals surface area contributed by atoms with Crippen LogP contribution in [0, 0.1) is 5.21 Å². The van der Waals surface area contributed by atoms with Gasteiger partial charge in [0.2, 0.25) is 0 Å². The van der Waals surface area contributed by atoms with Crippen LogP contribution in [-0.2, 0) is 6.23 Å². The first-order chi connectivity index (χ1) is 4.16. The molecule has 0 saturated carbocycles. The topological polar surface area (TPSA) is 44.8 Å². The summed E-state index contributed by atoms with van der Waals surface area (Å²) >= 11 is -1.80. The summed E-state index contributed by atoms with van der Waals surface area (Å²) in [4.78, 5) is 1.82. The van der Waals surface area contributed by atoms with Crippen molar-refractivity contribution in [3.05, 3.63) is 5.21 Å². The molecule has 0 bridgehead atoms. The van der Waals surface area contributed by atoms with Gasteiger partial charge in [-0.2, -0.15) is 0 Å². The van der Waals surface area contributed by atoms with Gasteiger partial charge >= 0.3 is 62.8 Å². The van der Waals surface area contributed by atoms with Crippen LogP contribution in [0.15, 0.2) is 0 Å². The third-order valence-electron chi connectivity index (χ3n) is 0.457. The van der Waals surface area contributed by atoms with Gasteiger partial charge in [-0.25, -0.2) is 0 Å². The Kier molecular flexibility index (Phi) is 5.70. The molecule has 58 valence electrons. The van der Waals surface area contributed by atoms with Crippen molar-refractivity contribution in [3.63, 3.8) is 0 Å². The normalized spacial score (nSPS) is 12.3. The summed E-state index contributed by atoms with van der Waals surface area (Å²) < 4.78 is 9.75. The fourth-order valence-corrected chi connectivity index (χ4v) is 2.08. The molecule has 0 aliphatic rings. The first kappa shape index (κ1) is 9.57. The van der Waals surface area contributed by atoms with E-state index < -0.39 is 20.6 Å². The second-order valence-electron chi connectivity index (χ2n) is 1.28. The quantitative estimate of drug-likeness (QED) is 0.428. The second-order valence-corrected chi connectivity index (χ2v) is 4.42. The molecule has 4 nitrogen and oxygen atoms in total. The number of halogens is 1. The predicted molar refractivity (Wildman–Crippen MR) is 43.8 cm³/mol. The fourth-order valence-electron chi connectivity index (χ4n) is 0.310. The van der Waals surface area contributed by atoms with Gasteiger partial charge in [0.1, 0.15) is 0 Å². The van der Waals surface area contributed by atoms with E-state index in [-0.39, 0.29) is 0 Å². The van der Waals surface area contributed by atoms with Crippen molar-refractivity contribution in [3.8, 4) is 0 Å². The third-order valence-corrected chi connectivity index (χ3v) is 3.07. The summed E-state index contributed by atoms with van der Waals surface area (Å²) in [6.07, 6.45) is 0. The SMILES string of the molecule is CCOI(C)ON(C)[O-]. The van der Waals surface area contributed by atoms with Crippen LogP contribution in [-0.4, -0.2) is 23.8 Å². The molecule has 0 saturated heterocycles. The maximum atomic E-state index is 10.2. The van der Waals surface area contributed by atoms with Crippen molar-refractivity contribution in [1.29, 1.82) is 0 Å². The van der Waals surface area contributed by atoms with Gasteiger partial charge in [0, 0.05) is 0 Å². The van der Waals surface area contributed by atoms with Crippen molar-refractivity contribution < 1.29 is 6.23 Å². The van der Waals surface area contributed by atoms with Gasteiger partial charge in [0.05, 0.1) is 0 Å². The Morgan fingerprint density at radius 2 is 2.22 bits per heavy atom. The van der Waals surface area contributed by atoms with Gasteiger partial charge in [0.25, 0.3) is 0 Å². The molecule has 0 amide bonds. The molecule has 0 aromatic rings. The summed E-state index contributed by atoms with van der Waals surface area (Å²) in [5.41, 5.74) is 0. The Bertz CT molecular complexity index is 70.8. The average molecular weight is 248 g/mol. The molecule has 0 radical (unpaired) electrons. The van der Waals surface area contributed by atoms with Gasteiger partial charge < -0.3 is 0 Å². The molecule has 0 unspecified atom stereocenters. The van der Waals surface area contributed by atoms with Crippen molar-refractivity contribution in [2.24, 2.45) is 0 Å². The molecule has 5 heteroatoms. The Morgan fingerprint density at radius 3 is 2.56 bits per heavy atom. The van der Waals surface area contributed by atoms with E-state index in [4.69, 9.17) is 6.23 Å². The van der Waals surface area contributed by atoms with Crippen LogP contribution >= 0.6 is 20.6 Å². The zero-order valence-electron chi connectivity index (χ0n) is 5.76. The Morgan fingerprint density at radius 1 is 1.67 bits per heavy atom. The van der Waals surface area contributed by atoms with Crippen molar-refractivity contribution in [1.82, 2.24) is 5.23 Å². The molecule has 9 heavy (non-hydrogen) atoms. The van der Waals surface area contributed by atoms with E-state index in [1.165, 1.54) is 7.05 Å². The summed E-state index contributed by atoms with van der Waals surface area (Å²) in [6.45, 7) is 2.50. The van der Waals surface area contributed by atoms with Crippen LogP contribution in [0.5, 0.6) is 0 Å². The van der Waals surface area contributed by atoms with E-state index in [1.54, 1.807) is 0 Å². The second kappa shape index (κ2) is 5.36. The van der Waals surface area contributed by atoms with Gasteiger partial charge in [-0.15, -0.1) is 0 Å². The standard InChI is InChI=1S/C4H11INO3/c1-4-8-5(2)9-6(3)7/h4H2,1-3H3/q-1. The van der Waals surface area contributed by atoms with E-state index in [9.17, 15) is 5.21 Å². The van der Waals surface area contributed by atoms with E-state index in [0.717, 1.165) is 0 Å². The number of nitrogens with zero attached hydrogens (tertiary/aromatic N) is 1. The van der Waals surface area contributed by atoms with Gasteiger partial charge in [0.15, 0.2) is 0 Å². The number of rotatable bonds is 4. The summed E-state index contributed by atoms with van der Waals surface area (Å²) in [5, 5.41) is 10.6. The molecule has 0 N–H and O–H groups in total. The molecule has 0 aliphatic carbocycles. The monoisotopic (exact) mass is 248 g/mol. The minimum absolute atomic E-state index is 0.445. The van der Waals surface area contributed by atoms with Gasteiger partial charge in [-0.05, 0) is 0 Å². The van der Waals surface area contributed by atoms with Gasteiger partial charge in [-0.3, -0.25) is 0 Å². The molecule has 0 spiro atoms. The van der Waals surface area contributed by atoms with Gasteiger partial charge in [-0.1, -0.05) is 0 Å². The summed E-state index contributed by atoms with van der Waals surface area (Å²) in [5.74, 6) is 0. The zero-order valence-corrected chi connectivity index (χ0v) is 7.91. The molecule has 0 aliphatic heterocycles. The fraction of sp³-hybridized carbons (Fsp3) is 1.00. The molecule has 0 fully saturated rings. The molecular formula is C4H11INO3-. The summed E-state index contributed by atoms with van der Waals surface area (Å²) in [6, 6.07) is 0. The average Bonchev–Trinajstić information content (AvgIpc) is 1.63. The first-order valence-electron chi connectivity index (χ1n) is 2.49. The van der Waals surface area contributed by atoms with Crippen LogP contribution in [0.4, 0.5) is 0 Å². The van der Waals surface area contributed by atoms with E-state index in [0.29, 0.717) is 11.8 Å². The van der Waals surface area contributed by atoms with Crippen LogP contribution in [0.1, 0.15) is 6.92 Å². The van der Waals surface area contributed by atoms with Crippen LogP contribution in [0.3, 0.4) is 0 Å². The Labute approximate surface area is 63.1 Å². The van der Waals surface area contributed by atoms with Crippen LogP contribution < -0.4 is 0 Å². The van der Waals surface area contributed by atoms with Crippen molar-refractivity contribution in [2.45, 2.75) is 6.92 Å². The van der Waals surface area contributed by atoms with Crippen LogP contribution in [0.25, 0.3) is 0 Å². The zero-order chi connectivity index (χ0) is 7.28. The summed E-state index contributed by atoms with van der Waals surface area (Å²) in [7, 11) is 1.31. The van der Waals surface area contributed by atoms with Crippen LogP contribution in [0.2, 0.25) is 0 Å². The van der Waals surface area contributed by atoms with E-state index in [1.807, 2.05) is 11.9 Å². The number of alkyl halides is 1.